The molecule has 0 aliphatic carbocycles. The quantitative estimate of drug-likeness (QED) is 0.474. The molecule has 0 saturated heterocycles. The number of carboxylic acid groups (broad SMARTS) is 1. The molecule has 0 aliphatic rings. The number of rotatable bonds is 6. The summed E-state index contributed by atoms with van der Waals surface area (Å²) in [5, 5.41) is 24.2. The van der Waals surface area contributed by atoms with Gasteiger partial charge in [-0.05, 0) is 12.1 Å². The van der Waals surface area contributed by atoms with E-state index in [9.17, 15) is 14.4 Å². The predicted octanol–water partition coefficient (Wildman–Crippen LogP) is -0.630. The van der Waals surface area contributed by atoms with Crippen LogP contribution in [-0.2, 0) is 9.59 Å². The smallest absolute Gasteiger partial charge is 0.328 e. The van der Waals surface area contributed by atoms with Crippen LogP contribution in [0.2, 0.25) is 0 Å². The molecule has 108 valence electrons. The van der Waals surface area contributed by atoms with Crippen molar-refractivity contribution in [1.29, 1.82) is 0 Å². The molecular formula is C12H15N3O5. The highest BCUT2D eigenvalue weighted by molar-refractivity contribution is 5.93. The van der Waals surface area contributed by atoms with Crippen molar-refractivity contribution in [2.75, 3.05) is 18.5 Å². The highest BCUT2D eigenvalue weighted by atomic mass is 16.4. The maximum Gasteiger partial charge on any atom is 0.328 e. The number of aliphatic carboxylic acids is 1. The number of hydrogen-bond donors (Lipinski definition) is 5. The third kappa shape index (κ3) is 5.36. The van der Waals surface area contributed by atoms with E-state index in [4.69, 9.17) is 10.2 Å². The van der Waals surface area contributed by atoms with Crippen LogP contribution in [0.1, 0.15) is 0 Å². The molecular weight excluding hydrogens is 266 g/mol. The van der Waals surface area contributed by atoms with E-state index in [-0.39, 0.29) is 0 Å². The van der Waals surface area contributed by atoms with Crippen molar-refractivity contribution in [2.24, 2.45) is 0 Å². The zero-order valence-corrected chi connectivity index (χ0v) is 10.5. The summed E-state index contributed by atoms with van der Waals surface area (Å²) in [6.45, 7) is -1.13. The van der Waals surface area contributed by atoms with E-state index in [1.807, 2.05) is 0 Å². The molecule has 3 amide bonds. The number of urea groups is 1. The van der Waals surface area contributed by atoms with E-state index in [1.54, 1.807) is 30.3 Å². The summed E-state index contributed by atoms with van der Waals surface area (Å²) in [5.74, 6) is -2.07. The van der Waals surface area contributed by atoms with E-state index < -0.39 is 37.1 Å². The molecule has 0 aromatic heterocycles. The second kappa shape index (κ2) is 7.74. The fourth-order valence-corrected chi connectivity index (χ4v) is 1.29. The predicted molar refractivity (Wildman–Crippen MR) is 70.1 cm³/mol. The van der Waals surface area contributed by atoms with Crippen LogP contribution in [0, 0.1) is 0 Å². The second-order valence-corrected chi connectivity index (χ2v) is 3.81. The molecule has 5 N–H and O–H groups in total. The molecule has 1 rings (SSSR count). The molecule has 0 heterocycles. The van der Waals surface area contributed by atoms with Gasteiger partial charge in [0.25, 0.3) is 0 Å². The van der Waals surface area contributed by atoms with Crippen LogP contribution < -0.4 is 16.0 Å². The number of hydrogen-bond acceptors (Lipinski definition) is 4. The summed E-state index contributed by atoms with van der Waals surface area (Å²) in [6, 6.07) is 6.63. The second-order valence-electron chi connectivity index (χ2n) is 3.81. The Bertz CT molecular complexity index is 477. The van der Waals surface area contributed by atoms with E-state index in [0.29, 0.717) is 5.69 Å². The van der Waals surface area contributed by atoms with Crippen molar-refractivity contribution in [3.8, 4) is 0 Å². The maximum atomic E-state index is 11.4. The Balaban J connectivity index is 2.34. The van der Waals surface area contributed by atoms with Crippen LogP contribution in [0.5, 0.6) is 0 Å². The van der Waals surface area contributed by atoms with E-state index in [2.05, 4.69) is 16.0 Å². The van der Waals surface area contributed by atoms with Gasteiger partial charge in [0.2, 0.25) is 5.91 Å². The van der Waals surface area contributed by atoms with E-state index in [1.165, 1.54) is 0 Å². The van der Waals surface area contributed by atoms with Crippen LogP contribution in [0.15, 0.2) is 30.3 Å². The Labute approximate surface area is 114 Å². The van der Waals surface area contributed by atoms with Gasteiger partial charge in [-0.2, -0.15) is 0 Å². The van der Waals surface area contributed by atoms with Crippen LogP contribution in [-0.4, -0.2) is 47.3 Å². The summed E-state index contributed by atoms with van der Waals surface area (Å²) in [6.07, 6.45) is 0. The highest BCUT2D eigenvalue weighted by Gasteiger charge is 2.18. The van der Waals surface area contributed by atoms with Gasteiger partial charge in [-0.15, -0.1) is 0 Å². The van der Waals surface area contributed by atoms with Gasteiger partial charge in [-0.3, -0.25) is 4.79 Å². The lowest BCUT2D eigenvalue weighted by molar-refractivity contribution is -0.142. The van der Waals surface area contributed by atoms with Crippen LogP contribution in [0.25, 0.3) is 0 Å². The van der Waals surface area contributed by atoms with Gasteiger partial charge < -0.3 is 26.2 Å². The Morgan fingerprint density at radius 1 is 1.15 bits per heavy atom. The molecule has 8 nitrogen and oxygen atoms in total. The number of aliphatic hydroxyl groups is 1. The van der Waals surface area contributed by atoms with Gasteiger partial charge in [-0.1, -0.05) is 18.2 Å². The first-order chi connectivity index (χ1) is 9.52. The van der Waals surface area contributed by atoms with E-state index >= 15 is 0 Å². The van der Waals surface area contributed by atoms with Crippen LogP contribution in [0.4, 0.5) is 10.5 Å². The Morgan fingerprint density at radius 3 is 2.35 bits per heavy atom. The molecule has 0 radical (unpaired) electrons. The van der Waals surface area contributed by atoms with Crippen LogP contribution >= 0.6 is 0 Å². The Kier molecular flexibility index (Phi) is 5.98. The zero-order valence-electron chi connectivity index (χ0n) is 10.5. The number of carbonyl (C=O) groups is 3. The molecule has 8 heteroatoms. The van der Waals surface area contributed by atoms with Crippen molar-refractivity contribution in [3.63, 3.8) is 0 Å². The fourth-order valence-electron chi connectivity index (χ4n) is 1.29. The monoisotopic (exact) mass is 281 g/mol. The topological polar surface area (TPSA) is 128 Å². The lowest BCUT2D eigenvalue weighted by atomic mass is 10.3. The average molecular weight is 281 g/mol. The lowest BCUT2D eigenvalue weighted by Gasteiger charge is -2.12. The Hall–Kier alpha value is -2.61. The van der Waals surface area contributed by atoms with Gasteiger partial charge in [-0.25, -0.2) is 9.59 Å². The number of nitrogens with one attached hydrogen (secondary N) is 3. The zero-order chi connectivity index (χ0) is 15.0. The van der Waals surface area contributed by atoms with Crippen molar-refractivity contribution in [1.82, 2.24) is 10.6 Å². The standard InChI is InChI=1S/C12H15N3O5/c16-7-9(11(18)19)15-10(17)6-13-12(20)14-8-4-2-1-3-5-8/h1-5,9,16H,6-7H2,(H,15,17)(H,18,19)(H2,13,14,20)/t9-/m0/s1. The number of carboxylic acids is 1. The minimum Gasteiger partial charge on any atom is -0.480 e. The van der Waals surface area contributed by atoms with Gasteiger partial charge in [0, 0.05) is 5.69 Å². The number of benzene rings is 1. The molecule has 0 fully saturated rings. The summed E-state index contributed by atoms with van der Waals surface area (Å²) in [5.41, 5.74) is 0.559. The minimum absolute atomic E-state index is 0.400. The first-order valence-corrected chi connectivity index (χ1v) is 5.76. The molecule has 0 saturated carbocycles. The molecule has 1 atom stereocenters. The largest absolute Gasteiger partial charge is 0.480 e. The third-order valence-electron chi connectivity index (χ3n) is 2.26. The SMILES string of the molecule is O=C(CNC(=O)Nc1ccccc1)N[C@@H](CO)C(=O)O. The average Bonchev–Trinajstić information content (AvgIpc) is 2.43. The molecule has 0 spiro atoms. The van der Waals surface area contributed by atoms with Crippen molar-refractivity contribution < 1.29 is 24.6 Å². The highest BCUT2D eigenvalue weighted by Crippen LogP contribution is 2.03. The van der Waals surface area contributed by atoms with Gasteiger partial charge in [0.1, 0.15) is 6.04 Å². The first kappa shape index (κ1) is 15.4. The molecule has 20 heavy (non-hydrogen) atoms. The molecule has 0 aliphatic heterocycles. The molecule has 1 aromatic rings. The van der Waals surface area contributed by atoms with Crippen LogP contribution in [0.3, 0.4) is 0 Å². The lowest BCUT2D eigenvalue weighted by Crippen LogP contribution is -2.47. The number of amides is 3. The summed E-state index contributed by atoms with van der Waals surface area (Å²) in [4.78, 5) is 33.4. The van der Waals surface area contributed by atoms with Crippen molar-refractivity contribution >= 4 is 23.6 Å². The molecule has 1 aromatic carbocycles. The molecule has 0 unspecified atom stereocenters. The van der Waals surface area contributed by atoms with Gasteiger partial charge in [0.05, 0.1) is 13.2 Å². The van der Waals surface area contributed by atoms with Gasteiger partial charge in [0.15, 0.2) is 0 Å². The number of anilines is 1. The fraction of sp³-hybridized carbons (Fsp3) is 0.250. The van der Waals surface area contributed by atoms with Crippen molar-refractivity contribution in [2.45, 2.75) is 6.04 Å². The number of carbonyl (C=O) groups excluding carboxylic acids is 2. The number of para-hydroxylation sites is 1. The first-order valence-electron chi connectivity index (χ1n) is 5.76. The normalized spacial score (nSPS) is 11.2. The Morgan fingerprint density at radius 2 is 1.80 bits per heavy atom. The van der Waals surface area contributed by atoms with Gasteiger partial charge >= 0.3 is 12.0 Å². The summed E-state index contributed by atoms with van der Waals surface area (Å²) >= 11 is 0. The van der Waals surface area contributed by atoms with E-state index in [0.717, 1.165) is 0 Å². The van der Waals surface area contributed by atoms with Crippen molar-refractivity contribution in [3.05, 3.63) is 30.3 Å². The summed E-state index contributed by atoms with van der Waals surface area (Å²) < 4.78 is 0. The minimum atomic E-state index is -1.39. The molecule has 0 bridgehead atoms. The number of aliphatic hydroxyl groups excluding tert-OH is 1. The third-order valence-corrected chi connectivity index (χ3v) is 2.26. The maximum absolute atomic E-state index is 11.4. The summed E-state index contributed by atoms with van der Waals surface area (Å²) in [7, 11) is 0.